The number of nitrogens with one attached hydrogen (secondary N) is 1. The van der Waals surface area contributed by atoms with E-state index in [1.807, 2.05) is 29.6 Å². The number of benzene rings is 1. The first-order chi connectivity index (χ1) is 11.1. The van der Waals surface area contributed by atoms with Gasteiger partial charge in [0.2, 0.25) is 5.91 Å². The Morgan fingerprint density at radius 1 is 1.40 bits per heavy atom. The van der Waals surface area contributed by atoms with Gasteiger partial charge in [-0.25, -0.2) is 4.98 Å². The lowest BCUT2D eigenvalue weighted by Gasteiger charge is -2.15. The molecule has 4 nitrogen and oxygen atoms in total. The van der Waals surface area contributed by atoms with Crippen molar-refractivity contribution in [3.63, 3.8) is 0 Å². The molecule has 1 unspecified atom stereocenters. The quantitative estimate of drug-likeness (QED) is 0.595. The summed E-state index contributed by atoms with van der Waals surface area (Å²) >= 11 is 5.02. The Balaban J connectivity index is 0.00000288. The summed E-state index contributed by atoms with van der Waals surface area (Å²) in [4.78, 5) is 16.7. The molecule has 25 heavy (non-hydrogen) atoms. The van der Waals surface area contributed by atoms with Crippen LogP contribution in [0.15, 0.2) is 34.1 Å². The van der Waals surface area contributed by atoms with Gasteiger partial charge in [-0.1, -0.05) is 47.8 Å². The number of halogens is 3. The Morgan fingerprint density at radius 3 is 2.80 bits per heavy atom. The number of aromatic nitrogens is 1. The summed E-state index contributed by atoms with van der Waals surface area (Å²) in [5.41, 5.74) is 7.57. The van der Waals surface area contributed by atoms with Gasteiger partial charge in [-0.05, 0) is 18.6 Å². The van der Waals surface area contributed by atoms with Crippen molar-refractivity contribution in [2.45, 2.75) is 38.6 Å². The number of hydrogen-bond acceptors (Lipinski definition) is 4. The van der Waals surface area contributed by atoms with Crippen LogP contribution < -0.4 is 11.1 Å². The van der Waals surface area contributed by atoms with Gasteiger partial charge in [0, 0.05) is 28.0 Å². The van der Waals surface area contributed by atoms with Crippen molar-refractivity contribution in [2.75, 3.05) is 6.54 Å². The molecule has 0 saturated carbocycles. The van der Waals surface area contributed by atoms with Crippen LogP contribution in [-0.4, -0.2) is 23.5 Å². The van der Waals surface area contributed by atoms with Gasteiger partial charge >= 0.3 is 0 Å². The summed E-state index contributed by atoms with van der Waals surface area (Å²) in [5.74, 6) is -0.0114. The zero-order chi connectivity index (χ0) is 16.7. The fraction of sp³-hybridized carbons (Fsp3) is 0.412. The van der Waals surface area contributed by atoms with Crippen molar-refractivity contribution in [1.82, 2.24) is 10.3 Å². The van der Waals surface area contributed by atoms with E-state index in [9.17, 15) is 4.79 Å². The fourth-order valence-electron chi connectivity index (χ4n) is 2.28. The Labute approximate surface area is 173 Å². The van der Waals surface area contributed by atoms with Crippen molar-refractivity contribution in [1.29, 1.82) is 0 Å². The average Bonchev–Trinajstić information content (AvgIpc) is 2.99. The smallest absolute Gasteiger partial charge is 0.226 e. The minimum atomic E-state index is -0.0114. The second kappa shape index (κ2) is 12.7. The maximum Gasteiger partial charge on any atom is 0.226 e. The van der Waals surface area contributed by atoms with Crippen molar-refractivity contribution in [3.05, 3.63) is 39.8 Å². The minimum Gasteiger partial charge on any atom is -0.352 e. The molecule has 1 aromatic carbocycles. The zero-order valence-electron chi connectivity index (χ0n) is 14.0. The highest BCUT2D eigenvalue weighted by molar-refractivity contribution is 9.10. The molecular formula is C17H24BrCl2N3OS. The van der Waals surface area contributed by atoms with Crippen LogP contribution in [0.1, 0.15) is 31.9 Å². The highest BCUT2D eigenvalue weighted by Crippen LogP contribution is 2.26. The number of nitrogens with zero attached hydrogens (tertiary/aromatic N) is 1. The van der Waals surface area contributed by atoms with E-state index in [0.29, 0.717) is 13.0 Å². The minimum absolute atomic E-state index is 0. The normalized spacial score (nSPS) is 11.2. The van der Waals surface area contributed by atoms with Crippen LogP contribution in [0.4, 0.5) is 0 Å². The van der Waals surface area contributed by atoms with Gasteiger partial charge in [-0.15, -0.1) is 36.2 Å². The monoisotopic (exact) mass is 467 g/mol. The predicted molar refractivity (Wildman–Crippen MR) is 114 cm³/mol. The summed E-state index contributed by atoms with van der Waals surface area (Å²) < 4.78 is 1.02. The molecule has 0 bridgehead atoms. The third-order valence-electron chi connectivity index (χ3n) is 3.52. The van der Waals surface area contributed by atoms with E-state index in [2.05, 4.69) is 33.2 Å². The Kier molecular flexibility index (Phi) is 12.3. The van der Waals surface area contributed by atoms with Crippen molar-refractivity contribution < 1.29 is 4.79 Å². The SMILES string of the molecule is CCCCC(CN)NC(=O)Cc1csc(-c2cccc(Br)c2)n1.Cl.Cl. The van der Waals surface area contributed by atoms with Crippen LogP contribution in [0.5, 0.6) is 0 Å². The molecule has 0 fully saturated rings. The summed E-state index contributed by atoms with van der Waals surface area (Å²) in [6.45, 7) is 2.61. The maximum absolute atomic E-state index is 12.1. The van der Waals surface area contributed by atoms with Gasteiger partial charge in [0.05, 0.1) is 12.1 Å². The molecule has 1 atom stereocenters. The number of thiazole rings is 1. The first kappa shape index (κ1) is 24.3. The molecule has 0 aliphatic rings. The predicted octanol–water partition coefficient (Wildman–Crippen LogP) is 4.59. The van der Waals surface area contributed by atoms with Crippen molar-refractivity contribution in [3.8, 4) is 10.6 Å². The van der Waals surface area contributed by atoms with E-state index in [1.165, 1.54) is 0 Å². The Morgan fingerprint density at radius 2 is 2.16 bits per heavy atom. The molecule has 1 heterocycles. The first-order valence-corrected chi connectivity index (χ1v) is 9.49. The van der Waals surface area contributed by atoms with Crippen LogP contribution in [0, 0.1) is 0 Å². The molecular weight excluding hydrogens is 445 g/mol. The van der Waals surface area contributed by atoms with Gasteiger partial charge < -0.3 is 11.1 Å². The Hall–Kier alpha value is -0.660. The molecule has 0 aliphatic heterocycles. The maximum atomic E-state index is 12.1. The molecule has 0 spiro atoms. The van der Waals surface area contributed by atoms with Crippen LogP contribution in [0.3, 0.4) is 0 Å². The molecule has 1 amide bonds. The third kappa shape index (κ3) is 8.05. The summed E-state index contributed by atoms with van der Waals surface area (Å²) in [7, 11) is 0. The lowest BCUT2D eigenvalue weighted by molar-refractivity contribution is -0.121. The molecule has 1 aromatic heterocycles. The van der Waals surface area contributed by atoms with E-state index < -0.39 is 0 Å². The molecule has 3 N–H and O–H groups in total. The van der Waals surface area contributed by atoms with Crippen LogP contribution in [0.2, 0.25) is 0 Å². The summed E-state index contributed by atoms with van der Waals surface area (Å²) in [6.07, 6.45) is 3.41. The highest BCUT2D eigenvalue weighted by atomic mass is 79.9. The molecule has 0 saturated heterocycles. The second-order valence-corrected chi connectivity index (χ2v) is 7.25. The van der Waals surface area contributed by atoms with E-state index in [-0.39, 0.29) is 36.8 Å². The molecule has 2 rings (SSSR count). The fourth-order valence-corrected chi connectivity index (χ4v) is 3.50. The van der Waals surface area contributed by atoms with E-state index in [1.54, 1.807) is 11.3 Å². The average molecular weight is 469 g/mol. The second-order valence-electron chi connectivity index (χ2n) is 5.47. The first-order valence-electron chi connectivity index (χ1n) is 7.82. The third-order valence-corrected chi connectivity index (χ3v) is 4.95. The van der Waals surface area contributed by atoms with Gasteiger partial charge in [-0.3, -0.25) is 4.79 Å². The molecule has 140 valence electrons. The van der Waals surface area contributed by atoms with E-state index in [4.69, 9.17) is 5.73 Å². The van der Waals surface area contributed by atoms with Gasteiger partial charge in [-0.2, -0.15) is 0 Å². The largest absolute Gasteiger partial charge is 0.352 e. The van der Waals surface area contributed by atoms with Gasteiger partial charge in [0.1, 0.15) is 5.01 Å². The number of carbonyl (C=O) groups is 1. The number of amides is 1. The van der Waals surface area contributed by atoms with E-state index >= 15 is 0 Å². The standard InChI is InChI=1S/C17H22BrN3OS.2ClH/c1-2-3-7-14(10-19)20-16(22)9-15-11-23-17(21-15)12-5-4-6-13(18)8-12;;/h4-6,8,11,14H,2-3,7,9-10,19H2,1H3,(H,20,22);2*1H. The number of unbranched alkanes of at least 4 members (excludes halogenated alkanes) is 1. The van der Waals surface area contributed by atoms with Gasteiger partial charge in [0.25, 0.3) is 0 Å². The van der Waals surface area contributed by atoms with Gasteiger partial charge in [0.15, 0.2) is 0 Å². The van der Waals surface area contributed by atoms with Crippen molar-refractivity contribution >= 4 is 58.0 Å². The van der Waals surface area contributed by atoms with Crippen LogP contribution in [0.25, 0.3) is 10.6 Å². The number of hydrogen-bond donors (Lipinski definition) is 2. The molecule has 0 aliphatic carbocycles. The zero-order valence-corrected chi connectivity index (χ0v) is 18.1. The van der Waals surface area contributed by atoms with E-state index in [0.717, 1.165) is 40.0 Å². The summed E-state index contributed by atoms with van der Waals surface area (Å²) in [5, 5.41) is 5.87. The number of rotatable bonds is 8. The molecule has 0 radical (unpaired) electrons. The molecule has 2 aromatic rings. The Bertz CT molecular complexity index is 654. The molecule has 8 heteroatoms. The lowest BCUT2D eigenvalue weighted by Crippen LogP contribution is -2.40. The number of carbonyl (C=O) groups excluding carboxylic acids is 1. The van der Waals surface area contributed by atoms with Crippen molar-refractivity contribution in [2.24, 2.45) is 5.73 Å². The topological polar surface area (TPSA) is 68.0 Å². The van der Waals surface area contributed by atoms with Crippen LogP contribution >= 0.6 is 52.1 Å². The summed E-state index contributed by atoms with van der Waals surface area (Å²) in [6, 6.07) is 8.06. The van der Waals surface area contributed by atoms with Crippen LogP contribution in [-0.2, 0) is 11.2 Å². The highest BCUT2D eigenvalue weighted by Gasteiger charge is 2.13. The lowest BCUT2D eigenvalue weighted by atomic mass is 10.1. The number of nitrogens with two attached hydrogens (primary N) is 1.